The van der Waals surface area contributed by atoms with Gasteiger partial charge in [0.05, 0.1) is 5.56 Å². The number of hydrogen-bond donors (Lipinski definition) is 1. The maximum absolute atomic E-state index is 13.4. The van der Waals surface area contributed by atoms with Crippen molar-refractivity contribution in [3.8, 4) is 0 Å². The van der Waals surface area contributed by atoms with Crippen LogP contribution >= 0.6 is 0 Å². The summed E-state index contributed by atoms with van der Waals surface area (Å²) in [6.07, 6.45) is -0.469. The summed E-state index contributed by atoms with van der Waals surface area (Å²) in [4.78, 5) is 11.7. The van der Waals surface area contributed by atoms with Gasteiger partial charge in [-0.2, -0.15) is 13.2 Å². The van der Waals surface area contributed by atoms with Gasteiger partial charge in [0, 0.05) is 12.1 Å². The van der Waals surface area contributed by atoms with Gasteiger partial charge in [0.2, 0.25) is 0 Å². The van der Waals surface area contributed by atoms with Crippen LogP contribution in [-0.2, 0) is 4.74 Å². The Morgan fingerprint density at radius 1 is 1.17 bits per heavy atom. The number of benzene rings is 1. The number of nitrogens with one attached hydrogen (secondary N) is 1. The highest BCUT2D eigenvalue weighted by Crippen LogP contribution is 2.42. The minimum Gasteiger partial charge on any atom is -0.422 e. The molecule has 122 valence electrons. The summed E-state index contributed by atoms with van der Waals surface area (Å²) in [5.74, 6) is -1.19. The fourth-order valence-electron chi connectivity index (χ4n) is 2.31. The molecule has 0 unspecified atom stereocenters. The highest BCUT2D eigenvalue weighted by atomic mass is 19.4. The molecule has 3 rings (SSSR count). The first kappa shape index (κ1) is 16.9. The zero-order valence-corrected chi connectivity index (χ0v) is 12.7. The maximum atomic E-state index is 13.4. The first-order valence-electron chi connectivity index (χ1n) is 7.22. The third-order valence-corrected chi connectivity index (χ3v) is 3.21. The topological polar surface area (TPSA) is 38.3 Å². The minimum atomic E-state index is -4.62. The molecule has 0 saturated heterocycles. The van der Waals surface area contributed by atoms with Crippen LogP contribution in [0, 0.1) is 0 Å². The molecule has 1 aromatic carbocycles. The number of allylic oxidation sites excluding steroid dienone is 3. The van der Waals surface area contributed by atoms with Crippen LogP contribution in [0.25, 0.3) is 5.76 Å². The van der Waals surface area contributed by atoms with Crippen molar-refractivity contribution in [3.05, 3.63) is 64.9 Å². The van der Waals surface area contributed by atoms with Gasteiger partial charge in [0.1, 0.15) is 5.57 Å². The number of alkyl halides is 3. The van der Waals surface area contributed by atoms with E-state index in [0.717, 1.165) is 0 Å². The average molecular weight is 323 g/mol. The zero-order chi connectivity index (χ0) is 17.0. The van der Waals surface area contributed by atoms with Crippen LogP contribution < -0.4 is 5.32 Å². The van der Waals surface area contributed by atoms with Gasteiger partial charge in [-0.25, -0.2) is 4.79 Å². The smallest absolute Gasteiger partial charge is 0.420 e. The Balaban J connectivity index is 0.000000924. The van der Waals surface area contributed by atoms with Crippen molar-refractivity contribution in [3.63, 3.8) is 0 Å². The van der Waals surface area contributed by atoms with Crippen LogP contribution in [-0.4, -0.2) is 18.7 Å². The van der Waals surface area contributed by atoms with E-state index in [0.29, 0.717) is 0 Å². The van der Waals surface area contributed by atoms with E-state index in [4.69, 9.17) is 4.74 Å². The molecule has 23 heavy (non-hydrogen) atoms. The van der Waals surface area contributed by atoms with Crippen LogP contribution in [0.1, 0.15) is 29.8 Å². The SMILES string of the molecule is CC.O=C1O/C(=C(\C2=CCNC=C2)C(F)(F)F)c2ccccc21. The number of carbonyl (C=O) groups is 1. The van der Waals surface area contributed by atoms with Crippen molar-refractivity contribution in [1.29, 1.82) is 0 Å². The number of carbonyl (C=O) groups excluding carboxylic acids is 1. The Hall–Kier alpha value is -2.50. The lowest BCUT2D eigenvalue weighted by Crippen LogP contribution is -2.19. The molecule has 2 heterocycles. The second kappa shape index (κ2) is 6.73. The maximum Gasteiger partial charge on any atom is 0.420 e. The second-order valence-corrected chi connectivity index (χ2v) is 4.54. The van der Waals surface area contributed by atoms with E-state index < -0.39 is 23.5 Å². The highest BCUT2D eigenvalue weighted by Gasteiger charge is 2.42. The second-order valence-electron chi connectivity index (χ2n) is 4.54. The normalized spacial score (nSPS) is 18.1. The Morgan fingerprint density at radius 3 is 2.39 bits per heavy atom. The molecule has 2 aliphatic heterocycles. The molecule has 0 bridgehead atoms. The van der Waals surface area contributed by atoms with E-state index >= 15 is 0 Å². The molecule has 0 amide bonds. The Kier molecular flexibility index (Phi) is 4.93. The van der Waals surface area contributed by atoms with Gasteiger partial charge >= 0.3 is 12.1 Å². The fraction of sp³-hybridized carbons (Fsp3) is 0.235. The molecule has 6 heteroatoms. The molecule has 1 aromatic rings. The molecule has 0 fully saturated rings. The van der Waals surface area contributed by atoms with Gasteiger partial charge in [-0.3, -0.25) is 0 Å². The Morgan fingerprint density at radius 2 is 1.83 bits per heavy atom. The van der Waals surface area contributed by atoms with Crippen molar-refractivity contribution in [2.75, 3.05) is 6.54 Å². The van der Waals surface area contributed by atoms with Crippen LogP contribution in [0.3, 0.4) is 0 Å². The number of halogens is 3. The van der Waals surface area contributed by atoms with E-state index in [-0.39, 0.29) is 23.2 Å². The monoisotopic (exact) mass is 323 g/mol. The molecule has 0 aliphatic carbocycles. The molecule has 2 aliphatic rings. The number of fused-ring (bicyclic) bond motifs is 1. The third-order valence-electron chi connectivity index (χ3n) is 3.21. The van der Waals surface area contributed by atoms with Gasteiger partial charge < -0.3 is 10.1 Å². The number of rotatable bonds is 1. The molecular formula is C17H16F3NO2. The molecule has 0 atom stereocenters. The Bertz CT molecular complexity index is 700. The van der Waals surface area contributed by atoms with Crippen LogP contribution in [0.4, 0.5) is 13.2 Å². The third kappa shape index (κ3) is 3.31. The lowest BCUT2D eigenvalue weighted by molar-refractivity contribution is -0.0894. The predicted octanol–water partition coefficient (Wildman–Crippen LogP) is 4.20. The van der Waals surface area contributed by atoms with Crippen LogP contribution in [0.5, 0.6) is 0 Å². The summed E-state index contributed by atoms with van der Waals surface area (Å²) in [6, 6.07) is 6.05. The van der Waals surface area contributed by atoms with Crippen molar-refractivity contribution in [2.45, 2.75) is 20.0 Å². The minimum absolute atomic E-state index is 0.0132. The predicted molar refractivity (Wildman–Crippen MR) is 81.4 cm³/mol. The van der Waals surface area contributed by atoms with E-state index in [1.165, 1.54) is 30.5 Å². The summed E-state index contributed by atoms with van der Waals surface area (Å²) in [6.45, 7) is 4.29. The van der Waals surface area contributed by atoms with E-state index in [9.17, 15) is 18.0 Å². The van der Waals surface area contributed by atoms with Crippen molar-refractivity contribution < 1.29 is 22.7 Å². The lowest BCUT2D eigenvalue weighted by atomic mass is 9.98. The van der Waals surface area contributed by atoms with Crippen LogP contribution in [0.15, 0.2) is 53.8 Å². The summed E-state index contributed by atoms with van der Waals surface area (Å²) in [5.41, 5.74) is -0.630. The molecule has 1 N–H and O–H groups in total. The molecule has 0 spiro atoms. The number of cyclic esters (lactones) is 1. The standard InChI is InChI=1S/C15H10F3NO2.C2H6/c16-15(17,18)12(9-5-7-19-8-6-9)13-10-3-1-2-4-11(10)14(20)21-13;1-2/h1-7,19H,8H2;1-2H3/b13-12+;. The Labute approximate surface area is 132 Å². The van der Waals surface area contributed by atoms with Gasteiger partial charge in [-0.05, 0) is 23.9 Å². The van der Waals surface area contributed by atoms with E-state index in [1.807, 2.05) is 13.8 Å². The fourth-order valence-corrected chi connectivity index (χ4v) is 2.31. The van der Waals surface area contributed by atoms with Gasteiger partial charge in [-0.1, -0.05) is 38.1 Å². The van der Waals surface area contributed by atoms with Crippen molar-refractivity contribution >= 4 is 11.7 Å². The lowest BCUT2D eigenvalue weighted by Gasteiger charge is -2.17. The van der Waals surface area contributed by atoms with Gasteiger partial charge in [-0.15, -0.1) is 0 Å². The first-order chi connectivity index (χ1) is 11.0. The number of hydrogen-bond acceptors (Lipinski definition) is 3. The van der Waals surface area contributed by atoms with Crippen LogP contribution in [0.2, 0.25) is 0 Å². The summed E-state index contributed by atoms with van der Waals surface area (Å²) in [7, 11) is 0. The molecular weight excluding hydrogens is 307 g/mol. The zero-order valence-electron chi connectivity index (χ0n) is 12.7. The van der Waals surface area contributed by atoms with E-state index in [1.54, 1.807) is 12.1 Å². The number of dihydropyridines is 1. The highest BCUT2D eigenvalue weighted by molar-refractivity contribution is 6.04. The summed E-state index contributed by atoms with van der Waals surface area (Å²) in [5, 5.41) is 2.78. The molecule has 0 saturated carbocycles. The molecule has 0 aromatic heterocycles. The van der Waals surface area contributed by atoms with Crippen molar-refractivity contribution in [1.82, 2.24) is 5.32 Å². The van der Waals surface area contributed by atoms with Gasteiger partial charge in [0.15, 0.2) is 5.76 Å². The van der Waals surface area contributed by atoms with Gasteiger partial charge in [0.25, 0.3) is 0 Å². The van der Waals surface area contributed by atoms with Crippen molar-refractivity contribution in [2.24, 2.45) is 0 Å². The summed E-state index contributed by atoms with van der Waals surface area (Å²) < 4.78 is 45.2. The largest absolute Gasteiger partial charge is 0.422 e. The average Bonchev–Trinajstić information content (AvgIpc) is 2.87. The first-order valence-corrected chi connectivity index (χ1v) is 7.22. The number of esters is 1. The summed E-state index contributed by atoms with van der Waals surface area (Å²) >= 11 is 0. The molecule has 3 nitrogen and oxygen atoms in total. The molecule has 0 radical (unpaired) electrons. The quantitative estimate of drug-likeness (QED) is 0.787. The van der Waals surface area contributed by atoms with E-state index in [2.05, 4.69) is 5.32 Å². The number of ether oxygens (including phenoxy) is 1.